The third-order valence-electron chi connectivity index (χ3n) is 10.7. The molecular formula is C43H88. The van der Waals surface area contributed by atoms with Gasteiger partial charge in [0.15, 0.2) is 0 Å². The van der Waals surface area contributed by atoms with E-state index in [0.717, 1.165) is 5.92 Å². The summed E-state index contributed by atoms with van der Waals surface area (Å²) in [6.45, 7) is 12.1. The van der Waals surface area contributed by atoms with E-state index in [4.69, 9.17) is 0 Å². The van der Waals surface area contributed by atoms with Crippen molar-refractivity contribution in [1.29, 1.82) is 0 Å². The van der Waals surface area contributed by atoms with Gasteiger partial charge in [0.25, 0.3) is 0 Å². The molecule has 260 valence electrons. The molecule has 2 unspecified atom stereocenters. The van der Waals surface area contributed by atoms with Crippen molar-refractivity contribution in [2.75, 3.05) is 0 Å². The van der Waals surface area contributed by atoms with Crippen LogP contribution in [0.2, 0.25) is 0 Å². The molecule has 0 aromatic carbocycles. The first kappa shape index (κ1) is 43.0. The zero-order valence-electron chi connectivity index (χ0n) is 31.5. The Balaban J connectivity index is 4.71. The zero-order valence-corrected chi connectivity index (χ0v) is 31.5. The van der Waals surface area contributed by atoms with E-state index in [1.165, 1.54) is 231 Å². The quantitative estimate of drug-likeness (QED) is 0.0619. The van der Waals surface area contributed by atoms with E-state index in [0.29, 0.717) is 5.41 Å². The van der Waals surface area contributed by atoms with Crippen molar-refractivity contribution in [3.63, 3.8) is 0 Å². The maximum absolute atomic E-state index is 2.72. The molecule has 0 saturated carbocycles. The van der Waals surface area contributed by atoms with Crippen LogP contribution in [0.15, 0.2) is 0 Å². The molecule has 0 fully saturated rings. The summed E-state index contributed by atoms with van der Waals surface area (Å²) in [5.41, 5.74) is 0.596. The minimum absolute atomic E-state index is 0.596. The molecule has 0 amide bonds. The zero-order chi connectivity index (χ0) is 31.5. The summed E-state index contributed by atoms with van der Waals surface area (Å²) in [4.78, 5) is 0. The fraction of sp³-hybridized carbons (Fsp3) is 1.00. The molecule has 0 N–H and O–H groups in total. The van der Waals surface area contributed by atoms with E-state index in [1.807, 2.05) is 0 Å². The molecule has 0 aromatic heterocycles. The summed E-state index contributed by atoms with van der Waals surface area (Å²) in [5, 5.41) is 0. The molecule has 43 heavy (non-hydrogen) atoms. The first-order valence-electron chi connectivity index (χ1n) is 21.1. The van der Waals surface area contributed by atoms with Crippen LogP contribution in [0.25, 0.3) is 0 Å². The van der Waals surface area contributed by atoms with E-state index in [-0.39, 0.29) is 0 Å². The molecule has 0 radical (unpaired) electrons. The van der Waals surface area contributed by atoms with Gasteiger partial charge in [-0.15, -0.1) is 0 Å². The van der Waals surface area contributed by atoms with Gasteiger partial charge in [-0.2, -0.15) is 0 Å². The predicted octanol–water partition coefficient (Wildman–Crippen LogP) is 16.7. The summed E-state index contributed by atoms with van der Waals surface area (Å²) >= 11 is 0. The molecule has 0 saturated heterocycles. The van der Waals surface area contributed by atoms with Crippen LogP contribution < -0.4 is 0 Å². The van der Waals surface area contributed by atoms with Gasteiger partial charge in [-0.05, 0) is 30.6 Å². The maximum Gasteiger partial charge on any atom is -0.0323 e. The lowest BCUT2D eigenvalue weighted by Crippen LogP contribution is -2.21. The Labute approximate surface area is 276 Å². The Morgan fingerprint density at radius 1 is 0.302 bits per heavy atom. The highest BCUT2D eigenvalue weighted by molar-refractivity contribution is 4.79. The number of hydrogen-bond donors (Lipinski definition) is 0. The molecule has 0 aliphatic rings. The van der Waals surface area contributed by atoms with Gasteiger partial charge in [0, 0.05) is 0 Å². The largest absolute Gasteiger partial charge is 0.0654 e. The molecule has 0 heterocycles. The van der Waals surface area contributed by atoms with Gasteiger partial charge in [0.2, 0.25) is 0 Å². The van der Waals surface area contributed by atoms with Crippen LogP contribution in [-0.4, -0.2) is 0 Å². The molecule has 0 rings (SSSR count). The van der Waals surface area contributed by atoms with Crippen LogP contribution >= 0.6 is 0 Å². The fourth-order valence-electron chi connectivity index (χ4n) is 7.70. The van der Waals surface area contributed by atoms with Gasteiger partial charge < -0.3 is 0 Å². The van der Waals surface area contributed by atoms with Gasteiger partial charge >= 0.3 is 0 Å². The average molecular weight is 605 g/mol. The van der Waals surface area contributed by atoms with Crippen LogP contribution in [-0.2, 0) is 0 Å². The second kappa shape index (κ2) is 34.9. The molecule has 0 nitrogen and oxygen atoms in total. The normalized spacial score (nSPS) is 13.9. The van der Waals surface area contributed by atoms with Crippen LogP contribution in [0.1, 0.15) is 266 Å². The van der Waals surface area contributed by atoms with Gasteiger partial charge in [0.05, 0.1) is 0 Å². The second-order valence-electron chi connectivity index (χ2n) is 15.5. The lowest BCUT2D eigenvalue weighted by Gasteiger charge is -2.34. The third kappa shape index (κ3) is 31.8. The SMILES string of the molecule is CCCCCCCCCCCCCC(CCCCCCCCCC)CC(C)(CCCCCC)CCCCCCCCCC. The van der Waals surface area contributed by atoms with E-state index in [1.54, 1.807) is 0 Å². The Kier molecular flexibility index (Phi) is 34.9. The summed E-state index contributed by atoms with van der Waals surface area (Å²) in [6.07, 6.45) is 52.9. The topological polar surface area (TPSA) is 0 Å². The van der Waals surface area contributed by atoms with E-state index in [2.05, 4.69) is 34.6 Å². The smallest absolute Gasteiger partial charge is 0.0323 e. The Morgan fingerprint density at radius 3 is 0.837 bits per heavy atom. The molecule has 2 atom stereocenters. The second-order valence-corrected chi connectivity index (χ2v) is 15.5. The lowest BCUT2D eigenvalue weighted by atomic mass is 9.71. The summed E-state index contributed by atoms with van der Waals surface area (Å²) in [6, 6.07) is 0. The van der Waals surface area contributed by atoms with Crippen LogP contribution in [0.5, 0.6) is 0 Å². The van der Waals surface area contributed by atoms with Crippen LogP contribution in [0.3, 0.4) is 0 Å². The predicted molar refractivity (Wildman–Crippen MR) is 201 cm³/mol. The van der Waals surface area contributed by atoms with Gasteiger partial charge in [0.1, 0.15) is 0 Å². The first-order chi connectivity index (χ1) is 21.1. The fourth-order valence-corrected chi connectivity index (χ4v) is 7.70. The highest BCUT2D eigenvalue weighted by atomic mass is 14.3. The van der Waals surface area contributed by atoms with Crippen LogP contribution in [0.4, 0.5) is 0 Å². The van der Waals surface area contributed by atoms with E-state index in [9.17, 15) is 0 Å². The Bertz CT molecular complexity index is 494. The van der Waals surface area contributed by atoms with Gasteiger partial charge in [-0.3, -0.25) is 0 Å². The van der Waals surface area contributed by atoms with E-state index >= 15 is 0 Å². The summed E-state index contributed by atoms with van der Waals surface area (Å²) in [5.74, 6) is 0.990. The van der Waals surface area contributed by atoms with Crippen molar-refractivity contribution in [2.24, 2.45) is 11.3 Å². The van der Waals surface area contributed by atoms with Gasteiger partial charge in [-0.1, -0.05) is 247 Å². The molecule has 0 aromatic rings. The third-order valence-corrected chi connectivity index (χ3v) is 10.7. The summed E-state index contributed by atoms with van der Waals surface area (Å²) in [7, 11) is 0. The van der Waals surface area contributed by atoms with Gasteiger partial charge in [-0.25, -0.2) is 0 Å². The minimum Gasteiger partial charge on any atom is -0.0654 e. The molecule has 0 bridgehead atoms. The van der Waals surface area contributed by atoms with Crippen LogP contribution in [0, 0.1) is 11.3 Å². The highest BCUT2D eigenvalue weighted by Crippen LogP contribution is 2.40. The molecule has 0 aliphatic heterocycles. The average Bonchev–Trinajstić information content (AvgIpc) is 3.00. The molecule has 0 spiro atoms. The maximum atomic E-state index is 2.72. The monoisotopic (exact) mass is 605 g/mol. The Morgan fingerprint density at radius 2 is 0.535 bits per heavy atom. The van der Waals surface area contributed by atoms with E-state index < -0.39 is 0 Å². The van der Waals surface area contributed by atoms with Crippen molar-refractivity contribution in [3.05, 3.63) is 0 Å². The standard InChI is InChI=1S/C43H88/c1-6-10-14-18-21-24-25-26-28-31-34-38-42(37-33-30-27-22-19-15-11-7-2)41-43(5,39-35-17-13-9-4)40-36-32-29-23-20-16-12-8-3/h42H,6-41H2,1-5H3. The van der Waals surface area contributed by atoms with Crippen molar-refractivity contribution in [1.82, 2.24) is 0 Å². The van der Waals surface area contributed by atoms with Crippen molar-refractivity contribution in [2.45, 2.75) is 266 Å². The minimum atomic E-state index is 0.596. The van der Waals surface area contributed by atoms with Crippen molar-refractivity contribution < 1.29 is 0 Å². The summed E-state index contributed by atoms with van der Waals surface area (Å²) < 4.78 is 0. The number of rotatable bonds is 37. The van der Waals surface area contributed by atoms with Crippen molar-refractivity contribution in [3.8, 4) is 0 Å². The highest BCUT2D eigenvalue weighted by Gasteiger charge is 2.27. The molecule has 0 heteroatoms. The first-order valence-corrected chi connectivity index (χ1v) is 21.1. The lowest BCUT2D eigenvalue weighted by molar-refractivity contribution is 0.175. The molecular weight excluding hydrogens is 516 g/mol. The number of hydrogen-bond acceptors (Lipinski definition) is 0. The number of unbranched alkanes of at least 4 members (excludes halogenated alkanes) is 27. The Hall–Kier alpha value is 0. The molecule has 0 aliphatic carbocycles. The van der Waals surface area contributed by atoms with Crippen molar-refractivity contribution >= 4 is 0 Å².